The Bertz CT molecular complexity index is 353. The molecule has 1 aromatic carbocycles. The Morgan fingerprint density at radius 1 is 1.40 bits per heavy atom. The summed E-state index contributed by atoms with van der Waals surface area (Å²) in [5, 5.41) is 8.76. The first-order valence-electron chi connectivity index (χ1n) is 5.45. The molecule has 1 unspecified atom stereocenters. The Hall–Kier alpha value is -1.31. The fraction of sp³-hybridized carbons (Fsp3) is 0.462. The van der Waals surface area contributed by atoms with Gasteiger partial charge in [-0.1, -0.05) is 29.8 Å². The van der Waals surface area contributed by atoms with Gasteiger partial charge in [-0.25, -0.2) is 0 Å². The van der Waals surface area contributed by atoms with Crippen LogP contribution in [0.1, 0.15) is 24.0 Å². The lowest BCUT2D eigenvalue weighted by molar-refractivity contribution is -0.138. The molecule has 2 heteroatoms. The average Bonchev–Trinajstić information content (AvgIpc) is 2.96. The minimum Gasteiger partial charge on any atom is -0.481 e. The predicted molar refractivity (Wildman–Crippen MR) is 58.7 cm³/mol. The van der Waals surface area contributed by atoms with E-state index in [-0.39, 0.29) is 5.92 Å². The number of carboxylic acids is 1. The highest BCUT2D eigenvalue weighted by molar-refractivity contribution is 5.73. The maximum absolute atomic E-state index is 10.6. The van der Waals surface area contributed by atoms with E-state index in [1.807, 2.05) is 0 Å². The van der Waals surface area contributed by atoms with Crippen LogP contribution in [0.25, 0.3) is 0 Å². The third-order valence-corrected chi connectivity index (χ3v) is 3.16. The molecule has 0 saturated heterocycles. The third-order valence-electron chi connectivity index (χ3n) is 3.16. The lowest BCUT2D eigenvalue weighted by atomic mass is 10.1. The Morgan fingerprint density at radius 3 is 2.60 bits per heavy atom. The van der Waals surface area contributed by atoms with Crippen LogP contribution in [0.5, 0.6) is 0 Å². The van der Waals surface area contributed by atoms with Crippen LogP contribution in [0.3, 0.4) is 0 Å². The van der Waals surface area contributed by atoms with Crippen molar-refractivity contribution in [3.63, 3.8) is 0 Å². The van der Waals surface area contributed by atoms with Crippen LogP contribution in [0.4, 0.5) is 0 Å². The fourth-order valence-corrected chi connectivity index (χ4v) is 1.98. The zero-order valence-electron chi connectivity index (χ0n) is 8.94. The van der Waals surface area contributed by atoms with Gasteiger partial charge >= 0.3 is 5.97 Å². The van der Waals surface area contributed by atoms with Gasteiger partial charge < -0.3 is 5.11 Å². The molecule has 2 nitrogen and oxygen atoms in total. The van der Waals surface area contributed by atoms with Crippen molar-refractivity contribution in [1.82, 2.24) is 0 Å². The van der Waals surface area contributed by atoms with Crippen LogP contribution < -0.4 is 0 Å². The van der Waals surface area contributed by atoms with Crippen LogP contribution in [-0.4, -0.2) is 11.1 Å². The number of carbonyl (C=O) groups is 1. The zero-order valence-corrected chi connectivity index (χ0v) is 8.94. The van der Waals surface area contributed by atoms with E-state index in [0.29, 0.717) is 5.92 Å². The van der Waals surface area contributed by atoms with Gasteiger partial charge in [0.15, 0.2) is 0 Å². The molecule has 2 atom stereocenters. The molecule has 1 fully saturated rings. The summed E-state index contributed by atoms with van der Waals surface area (Å²) in [5.74, 6) is -0.261. The molecule has 0 aliphatic heterocycles. The van der Waals surface area contributed by atoms with E-state index in [2.05, 4.69) is 31.2 Å². The van der Waals surface area contributed by atoms with Gasteiger partial charge in [0.1, 0.15) is 0 Å². The standard InChI is InChI=1S/C13H16O2/c1-9-2-4-10(5-3-9)6-7-11-8-12(11)13(14)15/h2-5,11-12H,6-8H2,1H3,(H,14,15)/t11?,12-/m0/s1. The molecule has 80 valence electrons. The van der Waals surface area contributed by atoms with E-state index in [9.17, 15) is 4.79 Å². The number of aryl methyl sites for hydroxylation is 2. The second-order valence-electron chi connectivity index (χ2n) is 4.46. The van der Waals surface area contributed by atoms with E-state index in [1.165, 1.54) is 11.1 Å². The molecule has 1 N–H and O–H groups in total. The topological polar surface area (TPSA) is 37.3 Å². The molecule has 1 saturated carbocycles. The fourth-order valence-electron chi connectivity index (χ4n) is 1.98. The smallest absolute Gasteiger partial charge is 0.306 e. The summed E-state index contributed by atoms with van der Waals surface area (Å²) in [6.07, 6.45) is 2.90. The van der Waals surface area contributed by atoms with E-state index < -0.39 is 5.97 Å². The number of aliphatic carboxylic acids is 1. The van der Waals surface area contributed by atoms with Gasteiger partial charge in [-0.2, -0.15) is 0 Å². The van der Waals surface area contributed by atoms with Gasteiger partial charge in [0.25, 0.3) is 0 Å². The van der Waals surface area contributed by atoms with Crippen molar-refractivity contribution in [3.05, 3.63) is 35.4 Å². The minimum absolute atomic E-state index is 0.0598. The molecule has 1 aromatic rings. The third kappa shape index (κ3) is 2.58. The van der Waals surface area contributed by atoms with E-state index in [1.54, 1.807) is 0 Å². The summed E-state index contributed by atoms with van der Waals surface area (Å²) in [6.45, 7) is 2.07. The molecular weight excluding hydrogens is 188 g/mol. The Kier molecular flexibility index (Phi) is 2.76. The highest BCUT2D eigenvalue weighted by Crippen LogP contribution is 2.41. The Labute approximate surface area is 89.9 Å². The summed E-state index contributed by atoms with van der Waals surface area (Å²) in [4.78, 5) is 10.6. The maximum Gasteiger partial charge on any atom is 0.306 e. The van der Waals surface area contributed by atoms with Crippen LogP contribution in [0.2, 0.25) is 0 Å². The molecule has 0 aromatic heterocycles. The maximum atomic E-state index is 10.6. The second kappa shape index (κ2) is 4.05. The van der Waals surface area contributed by atoms with Crippen molar-refractivity contribution >= 4 is 5.97 Å². The number of benzene rings is 1. The molecule has 0 spiro atoms. The van der Waals surface area contributed by atoms with Crippen molar-refractivity contribution in [3.8, 4) is 0 Å². The first-order valence-corrected chi connectivity index (χ1v) is 5.45. The summed E-state index contributed by atoms with van der Waals surface area (Å²) in [7, 11) is 0. The first kappa shape index (κ1) is 10.2. The molecule has 0 amide bonds. The van der Waals surface area contributed by atoms with Crippen molar-refractivity contribution in [2.24, 2.45) is 11.8 Å². The van der Waals surface area contributed by atoms with Crippen molar-refractivity contribution in [2.75, 3.05) is 0 Å². The SMILES string of the molecule is Cc1ccc(CCC2C[C@@H]2C(=O)O)cc1. The normalized spacial score (nSPS) is 23.8. The molecule has 1 aliphatic rings. The minimum atomic E-state index is -0.621. The highest BCUT2D eigenvalue weighted by atomic mass is 16.4. The van der Waals surface area contributed by atoms with E-state index >= 15 is 0 Å². The van der Waals surface area contributed by atoms with E-state index in [4.69, 9.17) is 5.11 Å². The van der Waals surface area contributed by atoms with Gasteiger partial charge in [0.05, 0.1) is 5.92 Å². The largest absolute Gasteiger partial charge is 0.481 e. The molecule has 1 aliphatic carbocycles. The van der Waals surface area contributed by atoms with Gasteiger partial charge in [-0.3, -0.25) is 4.79 Å². The van der Waals surface area contributed by atoms with Crippen LogP contribution >= 0.6 is 0 Å². The average molecular weight is 204 g/mol. The monoisotopic (exact) mass is 204 g/mol. The summed E-state index contributed by atoms with van der Waals surface area (Å²) in [5.41, 5.74) is 2.59. The van der Waals surface area contributed by atoms with E-state index in [0.717, 1.165) is 19.3 Å². The van der Waals surface area contributed by atoms with Crippen molar-refractivity contribution < 1.29 is 9.90 Å². The van der Waals surface area contributed by atoms with Crippen LogP contribution in [0.15, 0.2) is 24.3 Å². The Balaban J connectivity index is 1.80. The zero-order chi connectivity index (χ0) is 10.8. The van der Waals surface area contributed by atoms with Crippen molar-refractivity contribution in [1.29, 1.82) is 0 Å². The van der Waals surface area contributed by atoms with Gasteiger partial charge in [0.2, 0.25) is 0 Å². The number of carboxylic acid groups (broad SMARTS) is 1. The number of rotatable bonds is 4. The number of hydrogen-bond donors (Lipinski definition) is 1. The first-order chi connectivity index (χ1) is 7.16. The molecule has 0 heterocycles. The van der Waals surface area contributed by atoms with Crippen molar-refractivity contribution in [2.45, 2.75) is 26.2 Å². The number of hydrogen-bond acceptors (Lipinski definition) is 1. The summed E-state index contributed by atoms with van der Waals surface area (Å²) < 4.78 is 0. The lowest BCUT2D eigenvalue weighted by Crippen LogP contribution is -2.00. The molecule has 2 rings (SSSR count). The lowest BCUT2D eigenvalue weighted by Gasteiger charge is -2.00. The summed E-state index contributed by atoms with van der Waals surface area (Å²) in [6, 6.07) is 8.48. The van der Waals surface area contributed by atoms with Crippen LogP contribution in [0, 0.1) is 18.8 Å². The quantitative estimate of drug-likeness (QED) is 0.818. The molecule has 0 radical (unpaired) electrons. The Morgan fingerprint density at radius 2 is 2.07 bits per heavy atom. The van der Waals surface area contributed by atoms with Gasteiger partial charge in [0, 0.05) is 0 Å². The van der Waals surface area contributed by atoms with Crippen LogP contribution in [-0.2, 0) is 11.2 Å². The second-order valence-corrected chi connectivity index (χ2v) is 4.46. The van der Waals surface area contributed by atoms with Gasteiger partial charge in [-0.05, 0) is 37.7 Å². The highest BCUT2D eigenvalue weighted by Gasteiger charge is 2.42. The summed E-state index contributed by atoms with van der Waals surface area (Å²) >= 11 is 0. The molecule has 15 heavy (non-hydrogen) atoms. The molecule has 0 bridgehead atoms. The van der Waals surface area contributed by atoms with Gasteiger partial charge in [-0.15, -0.1) is 0 Å². The predicted octanol–water partition coefficient (Wildman–Crippen LogP) is 2.65. The molecular formula is C13H16O2.